The minimum absolute atomic E-state index is 0.105. The lowest BCUT2D eigenvalue weighted by Gasteiger charge is -2.25. The fourth-order valence-electron chi connectivity index (χ4n) is 3.01. The van der Waals surface area contributed by atoms with Crippen LogP contribution in [0.4, 0.5) is 0 Å². The summed E-state index contributed by atoms with van der Waals surface area (Å²) in [5.41, 5.74) is 11.6. The van der Waals surface area contributed by atoms with Gasteiger partial charge in [0.2, 0.25) is 0 Å². The largest absolute Gasteiger partial charge is 0.491 e. The van der Waals surface area contributed by atoms with Gasteiger partial charge < -0.3 is 25.5 Å². The topological polar surface area (TPSA) is 110 Å². The Hall–Kier alpha value is -2.54. The summed E-state index contributed by atoms with van der Waals surface area (Å²) >= 11 is 0. The monoisotopic (exact) mass is 389 g/mol. The molecule has 0 spiro atoms. The highest BCUT2D eigenvalue weighted by Crippen LogP contribution is 2.32. The number of unbranched alkanes of at least 4 members (excludes halogenated alkanes) is 1. The highest BCUT2D eigenvalue weighted by molar-refractivity contribution is 5.90. The van der Waals surface area contributed by atoms with E-state index in [1.807, 2.05) is 0 Å². The number of carbonyl (C=O) groups excluding carboxylic acids is 1. The number of ether oxygens (including phenoxy) is 2. The van der Waals surface area contributed by atoms with E-state index in [4.69, 9.17) is 20.9 Å². The van der Waals surface area contributed by atoms with Crippen molar-refractivity contribution in [3.8, 4) is 11.5 Å². The number of pyridine rings is 1. The van der Waals surface area contributed by atoms with Crippen molar-refractivity contribution in [2.45, 2.75) is 53.6 Å². The summed E-state index contributed by atoms with van der Waals surface area (Å²) in [6.45, 7) is 9.29. The summed E-state index contributed by atoms with van der Waals surface area (Å²) in [5, 5.41) is 1.16. The number of amides is 1. The van der Waals surface area contributed by atoms with E-state index in [2.05, 4.69) is 27.7 Å². The van der Waals surface area contributed by atoms with Crippen molar-refractivity contribution >= 4 is 16.7 Å². The first-order valence-corrected chi connectivity index (χ1v) is 9.61. The molecule has 0 aliphatic rings. The molecular weight excluding hydrogens is 358 g/mol. The van der Waals surface area contributed by atoms with Crippen molar-refractivity contribution in [3.05, 3.63) is 34.2 Å². The Morgan fingerprint density at radius 1 is 1.18 bits per heavy atom. The minimum atomic E-state index is -0.567. The van der Waals surface area contributed by atoms with Crippen LogP contribution in [0, 0.1) is 5.41 Å². The number of primary amides is 1. The average molecular weight is 389 g/mol. The number of nitrogens with two attached hydrogens (primary N) is 2. The molecule has 1 aromatic heterocycles. The molecule has 7 nitrogen and oxygen atoms in total. The maximum Gasteiger partial charge on any atom is 0.258 e. The van der Waals surface area contributed by atoms with E-state index in [1.54, 1.807) is 22.8 Å². The van der Waals surface area contributed by atoms with Gasteiger partial charge in [0.25, 0.3) is 11.5 Å². The van der Waals surface area contributed by atoms with Crippen LogP contribution in [0.2, 0.25) is 0 Å². The van der Waals surface area contributed by atoms with E-state index in [0.29, 0.717) is 41.1 Å². The third kappa shape index (κ3) is 5.25. The zero-order chi connectivity index (χ0) is 20.9. The molecule has 28 heavy (non-hydrogen) atoms. The zero-order valence-corrected chi connectivity index (χ0v) is 17.2. The molecule has 0 aliphatic heterocycles. The van der Waals surface area contributed by atoms with Crippen LogP contribution in [0.5, 0.6) is 11.5 Å². The van der Waals surface area contributed by atoms with Crippen molar-refractivity contribution in [1.82, 2.24) is 4.57 Å². The lowest BCUT2D eigenvalue weighted by atomic mass is 9.96. The number of hydrogen-bond donors (Lipinski definition) is 2. The molecule has 0 atom stereocenters. The number of fused-ring (bicyclic) bond motifs is 1. The average Bonchev–Trinajstić information content (AvgIpc) is 2.62. The summed E-state index contributed by atoms with van der Waals surface area (Å²) in [6.07, 6.45) is 1.88. The molecule has 2 rings (SSSR count). The maximum atomic E-state index is 13.2. The van der Waals surface area contributed by atoms with Gasteiger partial charge in [-0.05, 0) is 30.0 Å². The van der Waals surface area contributed by atoms with Gasteiger partial charge in [0.05, 0.1) is 17.7 Å². The van der Waals surface area contributed by atoms with Gasteiger partial charge in [-0.25, -0.2) is 0 Å². The van der Waals surface area contributed by atoms with E-state index in [-0.39, 0.29) is 24.1 Å². The van der Waals surface area contributed by atoms with Crippen LogP contribution < -0.4 is 26.5 Å². The van der Waals surface area contributed by atoms with E-state index < -0.39 is 5.91 Å². The molecule has 4 N–H and O–H groups in total. The summed E-state index contributed by atoms with van der Waals surface area (Å²) in [6, 6.07) is 5.06. The normalized spacial score (nSPS) is 11.6. The van der Waals surface area contributed by atoms with E-state index in [0.717, 1.165) is 12.8 Å². The first-order valence-electron chi connectivity index (χ1n) is 9.61. The van der Waals surface area contributed by atoms with Gasteiger partial charge in [-0.2, -0.15) is 0 Å². The molecule has 1 heterocycles. The predicted molar refractivity (Wildman–Crippen MR) is 111 cm³/mol. The number of benzene rings is 1. The highest BCUT2D eigenvalue weighted by Gasteiger charge is 2.21. The number of carbonyl (C=O) groups is 1. The second-order valence-electron chi connectivity index (χ2n) is 8.10. The lowest BCUT2D eigenvalue weighted by molar-refractivity contribution is -0.119. The molecule has 0 saturated heterocycles. The number of aromatic nitrogens is 1. The number of rotatable bonds is 9. The lowest BCUT2D eigenvalue weighted by Crippen LogP contribution is -2.31. The molecule has 1 aromatic carbocycles. The van der Waals surface area contributed by atoms with Gasteiger partial charge in [-0.15, -0.1) is 0 Å². The minimum Gasteiger partial charge on any atom is -0.491 e. The van der Waals surface area contributed by atoms with Crippen LogP contribution in [0.1, 0.15) is 46.2 Å². The van der Waals surface area contributed by atoms with Crippen LogP contribution in [-0.4, -0.2) is 23.7 Å². The second-order valence-corrected chi connectivity index (χ2v) is 8.10. The Balaban J connectivity index is 2.68. The smallest absolute Gasteiger partial charge is 0.258 e. The predicted octanol–water partition coefficient (Wildman–Crippen LogP) is 2.55. The molecule has 7 heteroatoms. The molecule has 0 unspecified atom stereocenters. The van der Waals surface area contributed by atoms with Crippen LogP contribution in [0.3, 0.4) is 0 Å². The summed E-state index contributed by atoms with van der Waals surface area (Å²) < 4.78 is 13.2. The van der Waals surface area contributed by atoms with Gasteiger partial charge in [0.15, 0.2) is 6.61 Å². The van der Waals surface area contributed by atoms with Gasteiger partial charge >= 0.3 is 0 Å². The molecule has 1 amide bonds. The molecule has 2 aromatic rings. The molecule has 0 aliphatic carbocycles. The fourth-order valence-corrected chi connectivity index (χ4v) is 3.01. The molecule has 0 radical (unpaired) electrons. The van der Waals surface area contributed by atoms with Gasteiger partial charge in [-0.1, -0.05) is 34.1 Å². The van der Waals surface area contributed by atoms with Crippen molar-refractivity contribution in [2.75, 3.05) is 13.2 Å². The Morgan fingerprint density at radius 2 is 1.89 bits per heavy atom. The second kappa shape index (κ2) is 9.10. The molecule has 0 saturated carbocycles. The van der Waals surface area contributed by atoms with Crippen molar-refractivity contribution in [3.63, 3.8) is 0 Å². The first kappa shape index (κ1) is 21.8. The third-order valence-corrected chi connectivity index (χ3v) is 4.25. The Kier molecular flexibility index (Phi) is 7.07. The number of hydrogen-bond acceptors (Lipinski definition) is 5. The zero-order valence-electron chi connectivity index (χ0n) is 17.2. The van der Waals surface area contributed by atoms with Gasteiger partial charge in [0.1, 0.15) is 11.5 Å². The summed E-state index contributed by atoms with van der Waals surface area (Å²) in [5.74, 6) is 0.477. The quantitative estimate of drug-likeness (QED) is 0.641. The molecular formula is C21H31N3O4. The Bertz CT molecular complexity index is 897. The molecule has 0 bridgehead atoms. The van der Waals surface area contributed by atoms with Crippen LogP contribution >= 0.6 is 0 Å². The van der Waals surface area contributed by atoms with Gasteiger partial charge in [0, 0.05) is 18.5 Å². The fraction of sp³-hybridized carbons (Fsp3) is 0.524. The van der Waals surface area contributed by atoms with Crippen LogP contribution in [-0.2, 0) is 17.9 Å². The highest BCUT2D eigenvalue weighted by atomic mass is 16.5. The van der Waals surface area contributed by atoms with Crippen molar-refractivity contribution in [2.24, 2.45) is 16.9 Å². The Labute approximate surface area is 165 Å². The first-order chi connectivity index (χ1) is 13.2. The van der Waals surface area contributed by atoms with E-state index in [1.165, 1.54) is 0 Å². The van der Waals surface area contributed by atoms with Gasteiger partial charge in [-0.3, -0.25) is 9.59 Å². The van der Waals surface area contributed by atoms with Crippen molar-refractivity contribution < 1.29 is 14.3 Å². The van der Waals surface area contributed by atoms with Crippen molar-refractivity contribution in [1.29, 1.82) is 0 Å². The summed E-state index contributed by atoms with van der Waals surface area (Å²) in [7, 11) is 0. The van der Waals surface area contributed by atoms with E-state index >= 15 is 0 Å². The third-order valence-electron chi connectivity index (χ3n) is 4.25. The standard InChI is InChI=1S/C21H31N3O4/c1-5-6-9-27-19-16-10-14(28-12-18(23)25)7-8-15(16)20(26)24(17(19)11-22)13-21(2,3)4/h7-8,10H,5-6,9,11-13,22H2,1-4H3,(H2,23,25). The number of nitrogens with zero attached hydrogens (tertiary/aromatic N) is 1. The van der Waals surface area contributed by atoms with Crippen LogP contribution in [0.15, 0.2) is 23.0 Å². The maximum absolute atomic E-state index is 13.2. The molecule has 154 valence electrons. The molecule has 0 fully saturated rings. The van der Waals surface area contributed by atoms with E-state index in [9.17, 15) is 9.59 Å². The van der Waals surface area contributed by atoms with Crippen LogP contribution in [0.25, 0.3) is 10.8 Å². The Morgan fingerprint density at radius 3 is 2.46 bits per heavy atom. The SMILES string of the molecule is CCCCOc1c(CN)n(CC(C)(C)C)c(=O)c2ccc(OCC(N)=O)cc12. The summed E-state index contributed by atoms with van der Waals surface area (Å²) in [4.78, 5) is 24.2.